The summed E-state index contributed by atoms with van der Waals surface area (Å²) in [6.07, 6.45) is -0.0845. The van der Waals surface area contributed by atoms with Gasteiger partial charge < -0.3 is 5.32 Å². The highest BCUT2D eigenvalue weighted by atomic mass is 35.5. The molecule has 5 nitrogen and oxygen atoms in total. The quantitative estimate of drug-likeness (QED) is 0.833. The first kappa shape index (κ1) is 16.9. The molecule has 0 atom stereocenters. The summed E-state index contributed by atoms with van der Waals surface area (Å²) in [5, 5.41) is 2.88. The summed E-state index contributed by atoms with van der Waals surface area (Å²) in [6.45, 7) is -1.06. The van der Waals surface area contributed by atoms with Crippen LogP contribution in [-0.4, -0.2) is 44.7 Å². The molecule has 1 rings (SSSR count). The normalized spacial score (nSPS) is 11.6. The van der Waals surface area contributed by atoms with Crippen LogP contribution in [0.5, 0.6) is 0 Å². The van der Waals surface area contributed by atoms with Crippen LogP contribution >= 0.6 is 11.6 Å². The molecule has 0 aliphatic heterocycles. The lowest BCUT2D eigenvalue weighted by atomic mass is 10.3. The van der Waals surface area contributed by atoms with Crippen molar-refractivity contribution in [1.82, 2.24) is 4.31 Å². The average molecular weight is 323 g/mol. The van der Waals surface area contributed by atoms with Crippen LogP contribution in [0, 0.1) is 0 Å². The smallest absolute Gasteiger partial charge is 0.239 e. The molecule has 0 radical (unpaired) electrons. The number of alkyl halides is 1. The van der Waals surface area contributed by atoms with Gasteiger partial charge in [-0.05, 0) is 18.6 Å². The number of sulfonamides is 1. The summed E-state index contributed by atoms with van der Waals surface area (Å²) < 4.78 is 36.3. The van der Waals surface area contributed by atoms with E-state index in [2.05, 4.69) is 5.32 Å². The van der Waals surface area contributed by atoms with E-state index in [1.54, 1.807) is 24.3 Å². The molecule has 1 amide bonds. The molecule has 0 bridgehead atoms. The number of hydrogen-bond donors (Lipinski definition) is 1. The van der Waals surface area contributed by atoms with Crippen molar-refractivity contribution in [2.24, 2.45) is 0 Å². The summed E-state index contributed by atoms with van der Waals surface area (Å²) in [7, 11) is -2.34. The molecule has 0 aliphatic rings. The van der Waals surface area contributed by atoms with Crippen LogP contribution in [0.2, 0.25) is 5.02 Å². The van der Waals surface area contributed by atoms with E-state index in [0.29, 0.717) is 10.7 Å². The molecule has 0 fully saturated rings. The number of hydrogen-bond acceptors (Lipinski definition) is 3. The molecule has 0 spiro atoms. The summed E-state index contributed by atoms with van der Waals surface area (Å²) >= 11 is 5.88. The maximum absolute atomic E-state index is 12.0. The van der Waals surface area contributed by atoms with Crippen molar-refractivity contribution in [3.63, 3.8) is 0 Å². The maximum Gasteiger partial charge on any atom is 0.239 e. The summed E-state index contributed by atoms with van der Waals surface area (Å²) in [6, 6.07) is 6.63. The number of para-hydroxylation sites is 1. The SMILES string of the molecule is CN(CC(=O)Nc1ccccc1Cl)S(=O)(=O)CCCF. The lowest BCUT2D eigenvalue weighted by Crippen LogP contribution is -2.36. The number of amides is 1. The Hall–Kier alpha value is -1.18. The summed E-state index contributed by atoms with van der Waals surface area (Å²) in [5.41, 5.74) is 0.411. The molecule has 1 N–H and O–H groups in total. The predicted molar refractivity (Wildman–Crippen MR) is 77.1 cm³/mol. The second-order valence-electron chi connectivity index (χ2n) is 4.14. The predicted octanol–water partition coefficient (Wildman–Crippen LogP) is 1.90. The molecule has 0 aliphatic carbocycles. The van der Waals surface area contributed by atoms with Gasteiger partial charge in [-0.15, -0.1) is 0 Å². The molecule has 1 aromatic rings. The first-order valence-corrected chi connectivity index (χ1v) is 7.90. The van der Waals surface area contributed by atoms with Crippen LogP contribution in [0.25, 0.3) is 0 Å². The van der Waals surface area contributed by atoms with Gasteiger partial charge in [0.25, 0.3) is 0 Å². The van der Waals surface area contributed by atoms with Crippen LogP contribution in [0.15, 0.2) is 24.3 Å². The van der Waals surface area contributed by atoms with Gasteiger partial charge in [0.1, 0.15) is 0 Å². The highest BCUT2D eigenvalue weighted by Gasteiger charge is 2.20. The van der Waals surface area contributed by atoms with E-state index in [1.165, 1.54) is 7.05 Å². The fourth-order valence-electron chi connectivity index (χ4n) is 1.45. The summed E-state index contributed by atoms with van der Waals surface area (Å²) in [5.74, 6) is -0.830. The Morgan fingerprint density at radius 3 is 2.65 bits per heavy atom. The number of carbonyl (C=O) groups is 1. The minimum Gasteiger partial charge on any atom is -0.324 e. The lowest BCUT2D eigenvalue weighted by molar-refractivity contribution is -0.116. The van der Waals surface area contributed by atoms with Crippen molar-refractivity contribution in [3.05, 3.63) is 29.3 Å². The van der Waals surface area contributed by atoms with E-state index < -0.39 is 22.6 Å². The minimum absolute atomic E-state index is 0.0845. The third kappa shape index (κ3) is 5.07. The molecular weight excluding hydrogens is 307 g/mol. The van der Waals surface area contributed by atoms with Gasteiger partial charge >= 0.3 is 0 Å². The highest BCUT2D eigenvalue weighted by Crippen LogP contribution is 2.20. The largest absolute Gasteiger partial charge is 0.324 e. The molecule has 0 unspecified atom stereocenters. The molecule has 0 saturated heterocycles. The van der Waals surface area contributed by atoms with Gasteiger partial charge in [-0.2, -0.15) is 4.31 Å². The molecule has 20 heavy (non-hydrogen) atoms. The molecular formula is C12H16ClFN2O3S. The van der Waals surface area contributed by atoms with Crippen LogP contribution in [-0.2, 0) is 14.8 Å². The minimum atomic E-state index is -3.62. The summed E-state index contributed by atoms with van der Waals surface area (Å²) in [4.78, 5) is 11.7. The van der Waals surface area contributed by atoms with Gasteiger partial charge in [-0.25, -0.2) is 8.42 Å². The molecule has 8 heteroatoms. The van der Waals surface area contributed by atoms with Crippen LogP contribution in [0.1, 0.15) is 6.42 Å². The fourth-order valence-corrected chi connectivity index (χ4v) is 2.73. The van der Waals surface area contributed by atoms with Crippen molar-refractivity contribution >= 4 is 33.2 Å². The van der Waals surface area contributed by atoms with E-state index >= 15 is 0 Å². The Labute approximate surface area is 122 Å². The number of likely N-dealkylation sites (N-methyl/N-ethyl adjacent to an activating group) is 1. The van der Waals surface area contributed by atoms with Gasteiger partial charge in [0.15, 0.2) is 0 Å². The second-order valence-corrected chi connectivity index (χ2v) is 6.75. The number of halogens is 2. The Morgan fingerprint density at radius 2 is 2.05 bits per heavy atom. The Kier molecular flexibility index (Phi) is 6.38. The zero-order chi connectivity index (χ0) is 15.2. The van der Waals surface area contributed by atoms with Crippen LogP contribution < -0.4 is 5.32 Å². The first-order valence-electron chi connectivity index (χ1n) is 5.91. The third-order valence-corrected chi connectivity index (χ3v) is 4.74. The van der Waals surface area contributed by atoms with Gasteiger partial charge in [0.05, 0.1) is 29.7 Å². The standard InChI is InChI=1S/C12H16ClFN2O3S/c1-16(20(18,19)8-4-7-14)9-12(17)15-11-6-3-2-5-10(11)13/h2-3,5-6H,4,7-9H2,1H3,(H,15,17). The molecule has 112 valence electrons. The molecule has 1 aromatic carbocycles. The lowest BCUT2D eigenvalue weighted by Gasteiger charge is -2.16. The Morgan fingerprint density at radius 1 is 1.40 bits per heavy atom. The topological polar surface area (TPSA) is 66.5 Å². The number of anilines is 1. The molecule has 0 aromatic heterocycles. The number of benzene rings is 1. The number of nitrogens with one attached hydrogen (secondary N) is 1. The van der Waals surface area contributed by atoms with Crippen molar-refractivity contribution in [2.45, 2.75) is 6.42 Å². The molecule has 0 saturated carbocycles. The second kappa shape index (κ2) is 7.56. The van der Waals surface area contributed by atoms with Crippen LogP contribution in [0.3, 0.4) is 0 Å². The van der Waals surface area contributed by atoms with E-state index in [1.807, 2.05) is 0 Å². The Balaban J connectivity index is 2.60. The van der Waals surface area contributed by atoms with E-state index in [0.717, 1.165) is 4.31 Å². The van der Waals surface area contributed by atoms with Crippen molar-refractivity contribution in [1.29, 1.82) is 0 Å². The zero-order valence-electron chi connectivity index (χ0n) is 11.0. The molecule has 0 heterocycles. The monoisotopic (exact) mass is 322 g/mol. The van der Waals surface area contributed by atoms with E-state index in [4.69, 9.17) is 11.6 Å². The van der Waals surface area contributed by atoms with Gasteiger partial charge in [0.2, 0.25) is 15.9 Å². The van der Waals surface area contributed by atoms with Gasteiger partial charge in [-0.3, -0.25) is 9.18 Å². The van der Waals surface area contributed by atoms with Crippen molar-refractivity contribution in [3.8, 4) is 0 Å². The first-order chi connectivity index (χ1) is 9.36. The van der Waals surface area contributed by atoms with Gasteiger partial charge in [0, 0.05) is 7.05 Å². The van der Waals surface area contributed by atoms with E-state index in [9.17, 15) is 17.6 Å². The van der Waals surface area contributed by atoms with E-state index in [-0.39, 0.29) is 18.7 Å². The van der Waals surface area contributed by atoms with Crippen molar-refractivity contribution < 1.29 is 17.6 Å². The van der Waals surface area contributed by atoms with Gasteiger partial charge in [-0.1, -0.05) is 23.7 Å². The highest BCUT2D eigenvalue weighted by molar-refractivity contribution is 7.89. The zero-order valence-corrected chi connectivity index (χ0v) is 12.5. The fraction of sp³-hybridized carbons (Fsp3) is 0.417. The maximum atomic E-state index is 12.0. The number of rotatable bonds is 7. The average Bonchev–Trinajstić information content (AvgIpc) is 2.39. The number of nitrogens with zero attached hydrogens (tertiary/aromatic N) is 1. The van der Waals surface area contributed by atoms with Crippen molar-refractivity contribution in [2.75, 3.05) is 31.3 Å². The third-order valence-electron chi connectivity index (χ3n) is 2.53. The van der Waals surface area contributed by atoms with Crippen LogP contribution in [0.4, 0.5) is 10.1 Å². The number of carbonyl (C=O) groups excluding carboxylic acids is 1. The Bertz CT molecular complexity index is 566.